The fraction of sp³-hybridized carbons (Fsp3) is 1.00. The minimum Gasteiger partial charge on any atom is -0.359 e. The van der Waals surface area contributed by atoms with Crippen LogP contribution < -0.4 is 5.32 Å². The Balaban J connectivity index is 0.000000810. The second kappa shape index (κ2) is 3.56. The molecular formula is C7H16ClNO. The van der Waals surface area contributed by atoms with Crippen molar-refractivity contribution in [2.24, 2.45) is 0 Å². The fourth-order valence-corrected chi connectivity index (χ4v) is 1.12. The average molecular weight is 166 g/mol. The summed E-state index contributed by atoms with van der Waals surface area (Å²) in [6, 6.07) is 0.523. The summed E-state index contributed by atoms with van der Waals surface area (Å²) in [4.78, 5) is 0. The molecule has 10 heavy (non-hydrogen) atoms. The smallest absolute Gasteiger partial charge is 0.116 e. The maximum absolute atomic E-state index is 5.49. The Bertz CT molecular complexity index is 110. The molecule has 2 unspecified atom stereocenters. The summed E-state index contributed by atoms with van der Waals surface area (Å²) < 4.78 is 5.49. The van der Waals surface area contributed by atoms with Gasteiger partial charge in [-0.1, -0.05) is 6.92 Å². The lowest BCUT2D eigenvalue weighted by Gasteiger charge is -2.21. The van der Waals surface area contributed by atoms with Crippen molar-refractivity contribution < 1.29 is 4.74 Å². The van der Waals surface area contributed by atoms with E-state index in [1.54, 1.807) is 0 Å². The topological polar surface area (TPSA) is 21.3 Å². The first-order valence-electron chi connectivity index (χ1n) is 3.58. The zero-order valence-corrected chi connectivity index (χ0v) is 7.62. The normalized spacial score (nSPS) is 39.3. The molecule has 0 amide bonds. The molecule has 0 radical (unpaired) electrons. The van der Waals surface area contributed by atoms with Crippen molar-refractivity contribution in [3.8, 4) is 0 Å². The van der Waals surface area contributed by atoms with Crippen LogP contribution in [-0.2, 0) is 4.74 Å². The first-order valence-corrected chi connectivity index (χ1v) is 3.58. The largest absolute Gasteiger partial charge is 0.359 e. The van der Waals surface area contributed by atoms with Crippen LogP contribution in [0.4, 0.5) is 0 Å². The highest BCUT2D eigenvalue weighted by Crippen LogP contribution is 2.17. The Morgan fingerprint density at radius 3 is 2.50 bits per heavy atom. The van der Waals surface area contributed by atoms with Gasteiger partial charge in [-0.05, 0) is 20.3 Å². The summed E-state index contributed by atoms with van der Waals surface area (Å²) in [5, 5.41) is 3.36. The maximum Gasteiger partial charge on any atom is 0.116 e. The van der Waals surface area contributed by atoms with Crippen LogP contribution in [0.2, 0.25) is 0 Å². The predicted octanol–water partition coefficient (Wildman–Crippen LogP) is 1.54. The average Bonchev–Trinajstić information content (AvgIpc) is 2.13. The van der Waals surface area contributed by atoms with Gasteiger partial charge in [0, 0.05) is 6.04 Å². The first-order chi connectivity index (χ1) is 4.16. The molecule has 0 saturated carbocycles. The number of hydrogen-bond donors (Lipinski definition) is 1. The Morgan fingerprint density at radius 1 is 1.70 bits per heavy atom. The van der Waals surface area contributed by atoms with Gasteiger partial charge in [-0.25, -0.2) is 0 Å². The van der Waals surface area contributed by atoms with E-state index in [-0.39, 0.29) is 18.1 Å². The molecule has 1 saturated heterocycles. The molecule has 2 nitrogen and oxygen atoms in total. The first kappa shape index (κ1) is 10.2. The van der Waals surface area contributed by atoms with Gasteiger partial charge in [0.05, 0.1) is 6.61 Å². The molecule has 0 bridgehead atoms. The Kier molecular flexibility index (Phi) is 3.63. The van der Waals surface area contributed by atoms with E-state index in [4.69, 9.17) is 4.74 Å². The van der Waals surface area contributed by atoms with Crippen LogP contribution in [0.5, 0.6) is 0 Å². The second-order valence-electron chi connectivity index (χ2n) is 2.94. The summed E-state index contributed by atoms with van der Waals surface area (Å²) >= 11 is 0. The van der Waals surface area contributed by atoms with E-state index < -0.39 is 0 Å². The minimum absolute atomic E-state index is 0. The molecule has 1 rings (SSSR count). The molecule has 1 N–H and O–H groups in total. The summed E-state index contributed by atoms with van der Waals surface area (Å²) in [5.41, 5.74) is -0.0422. The van der Waals surface area contributed by atoms with Crippen LogP contribution in [0, 0.1) is 0 Å². The van der Waals surface area contributed by atoms with E-state index in [1.165, 1.54) is 0 Å². The van der Waals surface area contributed by atoms with Crippen molar-refractivity contribution in [1.29, 1.82) is 0 Å². The molecule has 1 heterocycles. The molecule has 0 aromatic rings. The lowest BCUT2D eigenvalue weighted by atomic mass is 10.2. The van der Waals surface area contributed by atoms with Gasteiger partial charge in [0.25, 0.3) is 0 Å². The fourth-order valence-electron chi connectivity index (χ4n) is 1.12. The second-order valence-corrected chi connectivity index (χ2v) is 2.94. The van der Waals surface area contributed by atoms with Crippen molar-refractivity contribution in [3.63, 3.8) is 0 Å². The Morgan fingerprint density at radius 2 is 2.30 bits per heavy atom. The maximum atomic E-state index is 5.49. The van der Waals surface area contributed by atoms with Crippen molar-refractivity contribution in [2.45, 2.75) is 39.0 Å². The molecule has 0 aromatic heterocycles. The number of nitrogens with one attached hydrogen (secondary N) is 1. The van der Waals surface area contributed by atoms with Gasteiger partial charge in [-0.15, -0.1) is 12.4 Å². The van der Waals surface area contributed by atoms with E-state index in [0.29, 0.717) is 6.04 Å². The summed E-state index contributed by atoms with van der Waals surface area (Å²) in [7, 11) is 0. The quantitative estimate of drug-likeness (QED) is 0.637. The molecule has 1 aliphatic rings. The van der Waals surface area contributed by atoms with Gasteiger partial charge in [0.2, 0.25) is 0 Å². The third kappa shape index (κ3) is 2.11. The highest BCUT2D eigenvalue weighted by Gasteiger charge is 2.30. The van der Waals surface area contributed by atoms with E-state index in [0.717, 1.165) is 13.0 Å². The number of hydrogen-bond acceptors (Lipinski definition) is 2. The number of ether oxygens (including phenoxy) is 1. The SMILES string of the molecule is CCC1(C)NC(C)CO1.Cl. The van der Waals surface area contributed by atoms with Crippen LogP contribution in [0.3, 0.4) is 0 Å². The molecule has 62 valence electrons. The lowest BCUT2D eigenvalue weighted by Crippen LogP contribution is -2.39. The molecule has 1 fully saturated rings. The number of halogens is 1. The third-order valence-corrected chi connectivity index (χ3v) is 1.88. The summed E-state index contributed by atoms with van der Waals surface area (Å²) in [5.74, 6) is 0. The molecule has 0 spiro atoms. The third-order valence-electron chi connectivity index (χ3n) is 1.88. The van der Waals surface area contributed by atoms with Crippen molar-refractivity contribution in [3.05, 3.63) is 0 Å². The van der Waals surface area contributed by atoms with Gasteiger partial charge >= 0.3 is 0 Å². The summed E-state index contributed by atoms with van der Waals surface area (Å²) in [6.45, 7) is 7.22. The van der Waals surface area contributed by atoms with Crippen LogP contribution >= 0.6 is 12.4 Å². The van der Waals surface area contributed by atoms with Gasteiger partial charge in [0.15, 0.2) is 0 Å². The van der Waals surface area contributed by atoms with Gasteiger partial charge < -0.3 is 4.74 Å². The van der Waals surface area contributed by atoms with E-state index in [9.17, 15) is 0 Å². The zero-order valence-electron chi connectivity index (χ0n) is 6.81. The van der Waals surface area contributed by atoms with Crippen LogP contribution in [0.25, 0.3) is 0 Å². The monoisotopic (exact) mass is 165 g/mol. The van der Waals surface area contributed by atoms with Gasteiger partial charge in [-0.2, -0.15) is 0 Å². The molecular weight excluding hydrogens is 150 g/mol. The van der Waals surface area contributed by atoms with Gasteiger partial charge in [0.1, 0.15) is 5.72 Å². The lowest BCUT2D eigenvalue weighted by molar-refractivity contribution is 0.00343. The van der Waals surface area contributed by atoms with Crippen molar-refractivity contribution >= 4 is 12.4 Å². The van der Waals surface area contributed by atoms with E-state index >= 15 is 0 Å². The van der Waals surface area contributed by atoms with Crippen LogP contribution in [0.15, 0.2) is 0 Å². The molecule has 2 atom stereocenters. The summed E-state index contributed by atoms with van der Waals surface area (Å²) in [6.07, 6.45) is 1.04. The zero-order chi connectivity index (χ0) is 6.91. The number of rotatable bonds is 1. The van der Waals surface area contributed by atoms with Crippen LogP contribution in [-0.4, -0.2) is 18.4 Å². The predicted molar refractivity (Wildman–Crippen MR) is 44.5 cm³/mol. The van der Waals surface area contributed by atoms with E-state index in [1.807, 2.05) is 0 Å². The minimum atomic E-state index is -0.0422. The highest BCUT2D eigenvalue weighted by atomic mass is 35.5. The molecule has 0 aromatic carbocycles. The van der Waals surface area contributed by atoms with Crippen molar-refractivity contribution in [2.75, 3.05) is 6.61 Å². The standard InChI is InChI=1S/C7H15NO.ClH/c1-4-7(3)8-6(2)5-9-7;/h6,8H,4-5H2,1-3H3;1H. The van der Waals surface area contributed by atoms with Crippen molar-refractivity contribution in [1.82, 2.24) is 5.32 Å². The van der Waals surface area contributed by atoms with Crippen LogP contribution in [0.1, 0.15) is 27.2 Å². The van der Waals surface area contributed by atoms with E-state index in [2.05, 4.69) is 26.1 Å². The molecule has 1 aliphatic heterocycles. The Labute approximate surface area is 68.7 Å². The van der Waals surface area contributed by atoms with Gasteiger partial charge in [-0.3, -0.25) is 5.32 Å². The molecule has 3 heteroatoms. The highest BCUT2D eigenvalue weighted by molar-refractivity contribution is 5.85. The molecule has 0 aliphatic carbocycles. The Hall–Kier alpha value is 0.210.